The number of amides is 1. The Morgan fingerprint density at radius 2 is 2.07 bits per heavy atom. The minimum Gasteiger partial charge on any atom is -0.495 e. The molecule has 1 aromatic carbocycles. The van der Waals surface area contributed by atoms with Crippen molar-refractivity contribution in [2.75, 3.05) is 26.0 Å². The molecule has 1 aromatic heterocycles. The SMILES string of the molecule is COc1cnccc1CNC1=C(C(=S)Nc2ccccc2)C(=O)N(C)CC1. The predicted molar refractivity (Wildman–Crippen MR) is 110 cm³/mol. The molecule has 0 saturated carbocycles. The van der Waals surface area contributed by atoms with E-state index in [0.717, 1.165) is 16.9 Å². The first-order valence-electron chi connectivity index (χ1n) is 8.66. The lowest BCUT2D eigenvalue weighted by Gasteiger charge is -2.28. The number of methoxy groups -OCH3 is 1. The third-order valence-corrected chi connectivity index (χ3v) is 4.71. The molecule has 0 saturated heterocycles. The van der Waals surface area contributed by atoms with E-state index in [2.05, 4.69) is 15.6 Å². The van der Waals surface area contributed by atoms with Gasteiger partial charge in [-0.15, -0.1) is 0 Å². The van der Waals surface area contributed by atoms with Crippen LogP contribution in [0.15, 0.2) is 60.1 Å². The second kappa shape index (κ2) is 8.64. The van der Waals surface area contributed by atoms with E-state index in [9.17, 15) is 4.79 Å². The summed E-state index contributed by atoms with van der Waals surface area (Å²) in [6.07, 6.45) is 4.10. The molecular weight excluding hydrogens is 360 g/mol. The number of hydrogen-bond donors (Lipinski definition) is 2. The third kappa shape index (κ3) is 4.43. The van der Waals surface area contributed by atoms with Gasteiger partial charge in [0, 0.05) is 49.7 Å². The van der Waals surface area contributed by atoms with E-state index in [1.54, 1.807) is 31.5 Å². The van der Waals surface area contributed by atoms with Gasteiger partial charge in [-0.1, -0.05) is 30.4 Å². The fraction of sp³-hybridized carbons (Fsp3) is 0.250. The summed E-state index contributed by atoms with van der Waals surface area (Å²) in [6.45, 7) is 1.17. The molecule has 6 nitrogen and oxygen atoms in total. The van der Waals surface area contributed by atoms with E-state index in [-0.39, 0.29) is 5.91 Å². The van der Waals surface area contributed by atoms with Gasteiger partial charge in [-0.2, -0.15) is 0 Å². The van der Waals surface area contributed by atoms with Crippen LogP contribution in [0.2, 0.25) is 0 Å². The lowest BCUT2D eigenvalue weighted by Crippen LogP contribution is -2.40. The minimum atomic E-state index is -0.0844. The second-order valence-electron chi connectivity index (χ2n) is 6.19. The molecule has 3 rings (SSSR count). The molecule has 1 aliphatic heterocycles. The number of carbonyl (C=O) groups is 1. The fourth-order valence-corrected chi connectivity index (χ4v) is 3.22. The molecule has 0 spiro atoms. The molecule has 2 heterocycles. The number of anilines is 1. The number of pyridine rings is 1. The highest BCUT2D eigenvalue weighted by molar-refractivity contribution is 7.81. The number of likely N-dealkylation sites (N-methyl/N-ethyl adjacent to an activating group) is 1. The lowest BCUT2D eigenvalue weighted by atomic mass is 10.0. The highest BCUT2D eigenvalue weighted by Crippen LogP contribution is 2.22. The van der Waals surface area contributed by atoms with Crippen molar-refractivity contribution in [3.8, 4) is 5.75 Å². The predicted octanol–water partition coefficient (Wildman–Crippen LogP) is 2.74. The number of thiocarbonyl (C=S) groups is 1. The van der Waals surface area contributed by atoms with Crippen LogP contribution in [0, 0.1) is 0 Å². The molecule has 27 heavy (non-hydrogen) atoms. The zero-order valence-corrected chi connectivity index (χ0v) is 16.2. The van der Waals surface area contributed by atoms with Crippen LogP contribution in [-0.4, -0.2) is 41.5 Å². The molecule has 0 radical (unpaired) electrons. The molecule has 0 atom stereocenters. The van der Waals surface area contributed by atoms with Crippen LogP contribution in [0.3, 0.4) is 0 Å². The van der Waals surface area contributed by atoms with E-state index in [4.69, 9.17) is 17.0 Å². The van der Waals surface area contributed by atoms with Gasteiger partial charge in [0.15, 0.2) is 0 Å². The zero-order chi connectivity index (χ0) is 19.2. The molecule has 0 bridgehead atoms. The van der Waals surface area contributed by atoms with E-state index in [1.807, 2.05) is 36.4 Å². The normalized spacial score (nSPS) is 14.1. The number of ether oxygens (including phenoxy) is 1. The zero-order valence-electron chi connectivity index (χ0n) is 15.4. The first-order valence-corrected chi connectivity index (χ1v) is 9.06. The lowest BCUT2D eigenvalue weighted by molar-refractivity contribution is -0.126. The Labute approximate surface area is 164 Å². The average molecular weight is 382 g/mol. The Morgan fingerprint density at radius 3 is 2.81 bits per heavy atom. The van der Waals surface area contributed by atoms with Crippen LogP contribution < -0.4 is 15.4 Å². The molecule has 0 aliphatic carbocycles. The number of carbonyl (C=O) groups excluding carboxylic acids is 1. The van der Waals surface area contributed by atoms with Crippen LogP contribution >= 0.6 is 12.2 Å². The van der Waals surface area contributed by atoms with Crippen molar-refractivity contribution in [3.05, 3.63) is 65.6 Å². The van der Waals surface area contributed by atoms with Gasteiger partial charge < -0.3 is 20.3 Å². The van der Waals surface area contributed by atoms with E-state index >= 15 is 0 Å². The number of benzene rings is 1. The summed E-state index contributed by atoms with van der Waals surface area (Å²) in [7, 11) is 3.40. The fourth-order valence-electron chi connectivity index (χ4n) is 2.89. The molecule has 7 heteroatoms. The van der Waals surface area contributed by atoms with Gasteiger partial charge in [-0.3, -0.25) is 9.78 Å². The second-order valence-corrected chi connectivity index (χ2v) is 6.60. The Bertz CT molecular complexity index is 867. The van der Waals surface area contributed by atoms with Crippen LogP contribution in [-0.2, 0) is 11.3 Å². The monoisotopic (exact) mass is 382 g/mol. The van der Waals surface area contributed by atoms with Crippen molar-refractivity contribution >= 4 is 28.8 Å². The summed E-state index contributed by atoms with van der Waals surface area (Å²) in [5, 5.41) is 6.54. The van der Waals surface area contributed by atoms with Gasteiger partial charge in [0.05, 0.1) is 18.9 Å². The molecule has 0 fully saturated rings. The smallest absolute Gasteiger partial charge is 0.258 e. The first-order chi connectivity index (χ1) is 13.1. The van der Waals surface area contributed by atoms with Crippen molar-refractivity contribution in [2.45, 2.75) is 13.0 Å². The standard InChI is InChI=1S/C20H22N4O2S/c1-24-11-9-16(22-12-14-8-10-21-13-17(14)26-2)18(20(24)25)19(27)23-15-6-4-3-5-7-15/h3-8,10,13,22H,9,11-12H2,1-2H3,(H,23,27). The number of nitrogens with zero attached hydrogens (tertiary/aromatic N) is 2. The largest absolute Gasteiger partial charge is 0.495 e. The molecular formula is C20H22N4O2S. The van der Waals surface area contributed by atoms with E-state index in [1.165, 1.54) is 0 Å². The van der Waals surface area contributed by atoms with Gasteiger partial charge in [0.2, 0.25) is 0 Å². The first kappa shape index (κ1) is 18.8. The number of aromatic nitrogens is 1. The van der Waals surface area contributed by atoms with Crippen LogP contribution in [0.25, 0.3) is 0 Å². The van der Waals surface area contributed by atoms with E-state index in [0.29, 0.717) is 35.8 Å². The van der Waals surface area contributed by atoms with Crippen molar-refractivity contribution in [2.24, 2.45) is 0 Å². The van der Waals surface area contributed by atoms with Gasteiger partial charge in [-0.05, 0) is 18.2 Å². The van der Waals surface area contributed by atoms with Crippen molar-refractivity contribution in [3.63, 3.8) is 0 Å². The topological polar surface area (TPSA) is 66.5 Å². The highest BCUT2D eigenvalue weighted by Gasteiger charge is 2.28. The summed E-state index contributed by atoms with van der Waals surface area (Å²) < 4.78 is 5.34. The number of rotatable bonds is 6. The molecule has 1 aliphatic rings. The summed E-state index contributed by atoms with van der Waals surface area (Å²) >= 11 is 5.55. The van der Waals surface area contributed by atoms with Crippen molar-refractivity contribution in [1.82, 2.24) is 15.2 Å². The maximum absolute atomic E-state index is 12.8. The summed E-state index contributed by atoms with van der Waals surface area (Å²) in [5.41, 5.74) is 3.17. The van der Waals surface area contributed by atoms with Gasteiger partial charge in [0.25, 0.3) is 5.91 Å². The van der Waals surface area contributed by atoms with Crippen LogP contribution in [0.4, 0.5) is 5.69 Å². The van der Waals surface area contributed by atoms with Gasteiger partial charge in [0.1, 0.15) is 10.7 Å². The maximum Gasteiger partial charge on any atom is 0.258 e. The van der Waals surface area contributed by atoms with Gasteiger partial charge in [-0.25, -0.2) is 0 Å². The summed E-state index contributed by atoms with van der Waals surface area (Å²) in [6, 6.07) is 11.5. The molecule has 2 aromatic rings. The highest BCUT2D eigenvalue weighted by atomic mass is 32.1. The number of hydrogen-bond acceptors (Lipinski definition) is 5. The minimum absolute atomic E-state index is 0.0844. The molecule has 140 valence electrons. The quantitative estimate of drug-likeness (QED) is 0.749. The van der Waals surface area contributed by atoms with Crippen molar-refractivity contribution in [1.29, 1.82) is 0 Å². The number of para-hydroxylation sites is 1. The summed E-state index contributed by atoms with van der Waals surface area (Å²) in [4.78, 5) is 18.9. The third-order valence-electron chi connectivity index (χ3n) is 4.40. The Morgan fingerprint density at radius 1 is 1.30 bits per heavy atom. The van der Waals surface area contributed by atoms with Crippen molar-refractivity contribution < 1.29 is 9.53 Å². The summed E-state index contributed by atoms with van der Waals surface area (Å²) in [5.74, 6) is 0.621. The average Bonchev–Trinajstić information content (AvgIpc) is 2.69. The molecule has 1 amide bonds. The molecule has 0 unspecified atom stereocenters. The Kier molecular flexibility index (Phi) is 6.03. The number of nitrogens with one attached hydrogen (secondary N) is 2. The maximum atomic E-state index is 12.8. The van der Waals surface area contributed by atoms with Crippen LogP contribution in [0.5, 0.6) is 5.75 Å². The van der Waals surface area contributed by atoms with Crippen LogP contribution in [0.1, 0.15) is 12.0 Å². The Hall–Kier alpha value is -2.93. The Balaban J connectivity index is 1.83. The van der Waals surface area contributed by atoms with E-state index < -0.39 is 0 Å². The van der Waals surface area contributed by atoms with Gasteiger partial charge >= 0.3 is 0 Å². The molecule has 2 N–H and O–H groups in total.